The van der Waals surface area contributed by atoms with E-state index in [-0.39, 0.29) is 30.8 Å². The quantitative estimate of drug-likeness (QED) is 0.709. The van der Waals surface area contributed by atoms with Crippen LogP contribution in [-0.2, 0) is 9.59 Å². The fourth-order valence-electron chi connectivity index (χ4n) is 3.60. The molecule has 0 bridgehead atoms. The number of benzene rings is 2. The van der Waals surface area contributed by atoms with Crippen LogP contribution >= 0.6 is 12.4 Å². The van der Waals surface area contributed by atoms with Gasteiger partial charge in [-0.1, -0.05) is 43.3 Å². The molecule has 0 radical (unpaired) electrons. The summed E-state index contributed by atoms with van der Waals surface area (Å²) in [6.45, 7) is 4.17. The fraction of sp³-hybridized carbons (Fsp3) is 0.429. The molecule has 2 unspecified atom stereocenters. The molecule has 2 aromatic rings. The Hall–Kier alpha value is -2.11. The van der Waals surface area contributed by atoms with Gasteiger partial charge in [0.2, 0.25) is 11.8 Å². The highest BCUT2D eigenvalue weighted by molar-refractivity contribution is 6.03. The highest BCUT2D eigenvalue weighted by atomic mass is 35.5. The second-order valence-electron chi connectivity index (χ2n) is 7.14. The number of anilines is 1. The summed E-state index contributed by atoms with van der Waals surface area (Å²) in [6, 6.07) is 13.7. The SMILES string of the molecule is CC(CC(=O)NCC(=O)Nc1cccc2ccccc12)C1CCCNC1.Cl. The average molecular weight is 390 g/mol. The van der Waals surface area contributed by atoms with Crippen molar-refractivity contribution in [3.8, 4) is 0 Å². The first-order valence-corrected chi connectivity index (χ1v) is 9.38. The summed E-state index contributed by atoms with van der Waals surface area (Å²) < 4.78 is 0. The number of halogens is 1. The topological polar surface area (TPSA) is 70.2 Å². The number of hydrogen-bond acceptors (Lipinski definition) is 3. The van der Waals surface area contributed by atoms with Crippen LogP contribution in [0.5, 0.6) is 0 Å². The predicted molar refractivity (Wildman–Crippen MR) is 112 cm³/mol. The number of amides is 2. The van der Waals surface area contributed by atoms with E-state index in [2.05, 4.69) is 22.9 Å². The van der Waals surface area contributed by atoms with Crippen LogP contribution in [0.25, 0.3) is 10.8 Å². The molecule has 2 atom stereocenters. The van der Waals surface area contributed by atoms with Gasteiger partial charge in [-0.05, 0) is 49.2 Å². The average Bonchev–Trinajstić information content (AvgIpc) is 2.67. The van der Waals surface area contributed by atoms with Crippen molar-refractivity contribution in [2.45, 2.75) is 26.2 Å². The van der Waals surface area contributed by atoms with E-state index >= 15 is 0 Å². The second kappa shape index (κ2) is 10.3. The van der Waals surface area contributed by atoms with Crippen molar-refractivity contribution in [1.82, 2.24) is 10.6 Å². The van der Waals surface area contributed by atoms with E-state index in [1.165, 1.54) is 12.8 Å². The summed E-state index contributed by atoms with van der Waals surface area (Å²) in [4.78, 5) is 24.4. The van der Waals surface area contributed by atoms with Crippen molar-refractivity contribution < 1.29 is 9.59 Å². The third-order valence-corrected chi connectivity index (χ3v) is 5.16. The van der Waals surface area contributed by atoms with Gasteiger partial charge in [-0.2, -0.15) is 0 Å². The van der Waals surface area contributed by atoms with E-state index in [0.717, 1.165) is 29.5 Å². The zero-order valence-corrected chi connectivity index (χ0v) is 16.5. The molecule has 27 heavy (non-hydrogen) atoms. The van der Waals surface area contributed by atoms with Crippen molar-refractivity contribution in [2.75, 3.05) is 25.0 Å². The minimum Gasteiger partial charge on any atom is -0.347 e. The summed E-state index contributed by atoms with van der Waals surface area (Å²) in [5, 5.41) is 11.1. The van der Waals surface area contributed by atoms with E-state index in [4.69, 9.17) is 0 Å². The van der Waals surface area contributed by atoms with Gasteiger partial charge in [-0.15, -0.1) is 12.4 Å². The lowest BCUT2D eigenvalue weighted by atomic mass is 9.85. The number of carbonyl (C=O) groups is 2. The fourth-order valence-corrected chi connectivity index (χ4v) is 3.60. The molecule has 146 valence electrons. The van der Waals surface area contributed by atoms with Gasteiger partial charge in [-0.25, -0.2) is 0 Å². The molecule has 0 aromatic heterocycles. The Morgan fingerprint density at radius 3 is 2.70 bits per heavy atom. The molecule has 0 spiro atoms. The van der Waals surface area contributed by atoms with Gasteiger partial charge in [0.15, 0.2) is 0 Å². The lowest BCUT2D eigenvalue weighted by molar-refractivity contribution is -0.125. The third-order valence-electron chi connectivity index (χ3n) is 5.16. The minimum atomic E-state index is -0.207. The maximum absolute atomic E-state index is 12.2. The van der Waals surface area contributed by atoms with Crippen LogP contribution in [-0.4, -0.2) is 31.4 Å². The molecule has 1 fully saturated rings. The standard InChI is InChI=1S/C21H27N3O2.ClH/c1-15(17-8-5-11-22-13-17)12-20(25)23-14-21(26)24-19-10-4-7-16-6-2-3-9-18(16)19;/h2-4,6-7,9-10,15,17,22H,5,8,11-14H2,1H3,(H,23,25)(H,24,26);1H. The Morgan fingerprint density at radius 1 is 1.15 bits per heavy atom. The molecule has 6 heteroatoms. The minimum absolute atomic E-state index is 0. The van der Waals surface area contributed by atoms with E-state index < -0.39 is 0 Å². The Balaban J connectivity index is 0.00000261. The molecule has 3 N–H and O–H groups in total. The Morgan fingerprint density at radius 2 is 1.93 bits per heavy atom. The predicted octanol–water partition coefficient (Wildman–Crippen LogP) is 3.34. The molecule has 1 heterocycles. The summed E-state index contributed by atoms with van der Waals surface area (Å²) >= 11 is 0. The third kappa shape index (κ3) is 5.94. The normalized spacial score (nSPS) is 17.6. The molecule has 0 saturated carbocycles. The molecule has 3 rings (SSSR count). The summed E-state index contributed by atoms with van der Waals surface area (Å²) in [7, 11) is 0. The summed E-state index contributed by atoms with van der Waals surface area (Å²) in [5.74, 6) is 0.598. The highest BCUT2D eigenvalue weighted by Gasteiger charge is 2.22. The molecular weight excluding hydrogens is 362 g/mol. The van der Waals surface area contributed by atoms with Gasteiger partial charge < -0.3 is 16.0 Å². The van der Waals surface area contributed by atoms with Crippen LogP contribution in [0.1, 0.15) is 26.2 Å². The lowest BCUT2D eigenvalue weighted by Gasteiger charge is -2.27. The number of nitrogens with one attached hydrogen (secondary N) is 3. The maximum Gasteiger partial charge on any atom is 0.243 e. The van der Waals surface area contributed by atoms with Gasteiger partial charge >= 0.3 is 0 Å². The van der Waals surface area contributed by atoms with E-state index in [9.17, 15) is 9.59 Å². The van der Waals surface area contributed by atoms with Gasteiger partial charge in [0.1, 0.15) is 0 Å². The van der Waals surface area contributed by atoms with Crippen molar-refractivity contribution >= 4 is 40.7 Å². The van der Waals surface area contributed by atoms with Crippen molar-refractivity contribution in [1.29, 1.82) is 0 Å². The molecule has 1 aliphatic rings. The Bertz CT molecular complexity index is 770. The number of hydrogen-bond donors (Lipinski definition) is 3. The van der Waals surface area contributed by atoms with Gasteiger partial charge in [0, 0.05) is 17.5 Å². The molecule has 5 nitrogen and oxygen atoms in total. The van der Waals surface area contributed by atoms with Crippen LogP contribution in [0.4, 0.5) is 5.69 Å². The molecule has 1 saturated heterocycles. The lowest BCUT2D eigenvalue weighted by Crippen LogP contribution is -2.37. The van der Waals surface area contributed by atoms with Crippen LogP contribution in [0.15, 0.2) is 42.5 Å². The van der Waals surface area contributed by atoms with E-state index in [1.54, 1.807) is 0 Å². The zero-order chi connectivity index (χ0) is 18.4. The smallest absolute Gasteiger partial charge is 0.243 e. The van der Waals surface area contributed by atoms with E-state index in [0.29, 0.717) is 18.3 Å². The van der Waals surface area contributed by atoms with Gasteiger partial charge in [0.05, 0.1) is 6.54 Å². The van der Waals surface area contributed by atoms with Crippen molar-refractivity contribution in [3.63, 3.8) is 0 Å². The molecular formula is C21H28ClN3O2. The number of piperidine rings is 1. The molecule has 2 amide bonds. The number of carbonyl (C=O) groups excluding carboxylic acids is 2. The second-order valence-corrected chi connectivity index (χ2v) is 7.14. The molecule has 0 aliphatic carbocycles. The first-order chi connectivity index (χ1) is 12.6. The largest absolute Gasteiger partial charge is 0.347 e. The van der Waals surface area contributed by atoms with Crippen LogP contribution < -0.4 is 16.0 Å². The van der Waals surface area contributed by atoms with Crippen LogP contribution in [0.3, 0.4) is 0 Å². The van der Waals surface area contributed by atoms with Crippen LogP contribution in [0.2, 0.25) is 0 Å². The first kappa shape index (κ1) is 21.2. The maximum atomic E-state index is 12.2. The van der Waals surface area contributed by atoms with E-state index in [1.807, 2.05) is 42.5 Å². The van der Waals surface area contributed by atoms with Crippen molar-refractivity contribution in [3.05, 3.63) is 42.5 Å². The summed E-state index contributed by atoms with van der Waals surface area (Å²) in [6.07, 6.45) is 2.81. The summed E-state index contributed by atoms with van der Waals surface area (Å²) in [5.41, 5.74) is 0.768. The van der Waals surface area contributed by atoms with Gasteiger partial charge in [0.25, 0.3) is 0 Å². The molecule has 2 aromatic carbocycles. The molecule has 1 aliphatic heterocycles. The number of rotatable bonds is 6. The highest BCUT2D eigenvalue weighted by Crippen LogP contribution is 2.23. The monoisotopic (exact) mass is 389 g/mol. The van der Waals surface area contributed by atoms with Crippen molar-refractivity contribution in [2.24, 2.45) is 11.8 Å². The number of fused-ring (bicyclic) bond motifs is 1. The Labute approximate surface area is 166 Å². The van der Waals surface area contributed by atoms with Gasteiger partial charge in [-0.3, -0.25) is 9.59 Å². The van der Waals surface area contributed by atoms with Crippen LogP contribution in [0, 0.1) is 11.8 Å². The zero-order valence-electron chi connectivity index (χ0n) is 15.7. The Kier molecular flexibility index (Phi) is 8.07. The first-order valence-electron chi connectivity index (χ1n) is 9.38.